The van der Waals surface area contributed by atoms with E-state index >= 15 is 0 Å². The Hall–Kier alpha value is -2.12. The molecule has 0 aliphatic carbocycles. The van der Waals surface area contributed by atoms with E-state index in [0.29, 0.717) is 42.5 Å². The summed E-state index contributed by atoms with van der Waals surface area (Å²) in [4.78, 5) is 33.7. The summed E-state index contributed by atoms with van der Waals surface area (Å²) in [6, 6.07) is 5.03. The molecule has 1 aromatic carbocycles. The van der Waals surface area contributed by atoms with Crippen molar-refractivity contribution in [1.82, 2.24) is 14.8 Å². The Morgan fingerprint density at radius 3 is 2.85 bits per heavy atom. The van der Waals surface area contributed by atoms with Gasteiger partial charge in [0, 0.05) is 30.9 Å². The number of nitrogens with zero attached hydrogens (tertiary/aromatic N) is 3. The van der Waals surface area contributed by atoms with Crippen LogP contribution >= 0.6 is 22.9 Å². The number of amides is 2. The molecular weight excluding hydrogens is 386 g/mol. The number of hydrogen-bond donors (Lipinski definition) is 0. The van der Waals surface area contributed by atoms with Gasteiger partial charge in [-0.25, -0.2) is 4.98 Å². The number of halogens is 1. The molecule has 27 heavy (non-hydrogen) atoms. The molecule has 2 aromatic rings. The first-order valence-electron chi connectivity index (χ1n) is 8.79. The summed E-state index contributed by atoms with van der Waals surface area (Å²) in [6.07, 6.45) is 0. The summed E-state index contributed by atoms with van der Waals surface area (Å²) < 4.78 is 5.19. The van der Waals surface area contributed by atoms with Gasteiger partial charge in [-0.3, -0.25) is 9.59 Å². The summed E-state index contributed by atoms with van der Waals surface area (Å²) >= 11 is 7.80. The molecule has 2 aliphatic heterocycles. The molecule has 2 aliphatic rings. The van der Waals surface area contributed by atoms with Crippen molar-refractivity contribution in [3.8, 4) is 5.75 Å². The first-order chi connectivity index (χ1) is 13.0. The predicted molar refractivity (Wildman–Crippen MR) is 103 cm³/mol. The van der Waals surface area contributed by atoms with E-state index < -0.39 is 0 Å². The quantitative estimate of drug-likeness (QED) is 0.784. The van der Waals surface area contributed by atoms with Gasteiger partial charge in [0.15, 0.2) is 0 Å². The Morgan fingerprint density at radius 2 is 2.19 bits per heavy atom. The average molecular weight is 406 g/mol. The van der Waals surface area contributed by atoms with Gasteiger partial charge in [-0.05, 0) is 25.1 Å². The highest BCUT2D eigenvalue weighted by Crippen LogP contribution is 2.35. The molecule has 6 nitrogen and oxygen atoms in total. The Labute approximate surface area is 166 Å². The first-order valence-corrected chi connectivity index (χ1v) is 10.0. The number of aryl methyl sites for hydroxylation is 1. The molecule has 0 saturated carbocycles. The van der Waals surface area contributed by atoms with Gasteiger partial charge in [0.05, 0.1) is 40.9 Å². The van der Waals surface area contributed by atoms with Crippen LogP contribution in [0.2, 0.25) is 5.02 Å². The van der Waals surface area contributed by atoms with Crippen LogP contribution in [-0.4, -0.2) is 53.3 Å². The summed E-state index contributed by atoms with van der Waals surface area (Å²) in [5, 5.41) is 3.39. The molecule has 2 saturated heterocycles. The highest BCUT2D eigenvalue weighted by molar-refractivity contribution is 7.09. The van der Waals surface area contributed by atoms with E-state index in [4.69, 9.17) is 16.3 Å². The van der Waals surface area contributed by atoms with Crippen molar-refractivity contribution < 1.29 is 14.3 Å². The number of carbonyl (C=O) groups is 2. The van der Waals surface area contributed by atoms with E-state index in [1.165, 1.54) is 0 Å². The highest BCUT2D eigenvalue weighted by atomic mass is 35.5. The van der Waals surface area contributed by atoms with E-state index in [2.05, 4.69) is 4.98 Å². The van der Waals surface area contributed by atoms with Crippen molar-refractivity contribution in [3.05, 3.63) is 44.9 Å². The Balaban J connectivity index is 1.44. The van der Waals surface area contributed by atoms with Crippen LogP contribution < -0.4 is 4.74 Å². The lowest BCUT2D eigenvalue weighted by Crippen LogP contribution is -2.35. The molecule has 8 heteroatoms. The van der Waals surface area contributed by atoms with Crippen LogP contribution in [0.15, 0.2) is 23.6 Å². The first kappa shape index (κ1) is 18.3. The molecule has 2 fully saturated rings. The molecule has 2 amide bonds. The van der Waals surface area contributed by atoms with Crippen LogP contribution in [0.1, 0.15) is 21.1 Å². The van der Waals surface area contributed by atoms with Crippen molar-refractivity contribution >= 4 is 34.8 Å². The second-order valence-corrected chi connectivity index (χ2v) is 8.47. The second kappa shape index (κ2) is 7.13. The van der Waals surface area contributed by atoms with Gasteiger partial charge >= 0.3 is 0 Å². The molecular formula is C19H20ClN3O3S. The lowest BCUT2D eigenvalue weighted by atomic mass is 10.0. The smallest absolute Gasteiger partial charge is 0.255 e. The number of fused-ring (bicyclic) bond motifs is 1. The Bertz CT molecular complexity index is 900. The van der Waals surface area contributed by atoms with Crippen LogP contribution in [-0.2, 0) is 11.3 Å². The third-order valence-corrected chi connectivity index (χ3v) is 6.39. The summed E-state index contributed by atoms with van der Waals surface area (Å²) in [7, 11) is 1.55. The lowest BCUT2D eigenvalue weighted by Gasteiger charge is -2.22. The van der Waals surface area contributed by atoms with E-state index in [1.54, 1.807) is 41.5 Å². The Kier molecular flexibility index (Phi) is 4.82. The molecule has 4 rings (SSSR count). The summed E-state index contributed by atoms with van der Waals surface area (Å²) in [5.74, 6) is 0.562. The van der Waals surface area contributed by atoms with Crippen LogP contribution in [0.5, 0.6) is 5.75 Å². The molecule has 0 N–H and O–H groups in total. The zero-order chi connectivity index (χ0) is 19.1. The minimum Gasteiger partial charge on any atom is -0.497 e. The maximum Gasteiger partial charge on any atom is 0.255 e. The van der Waals surface area contributed by atoms with Gasteiger partial charge in [0.2, 0.25) is 5.91 Å². The number of ether oxygens (including phenoxy) is 1. The van der Waals surface area contributed by atoms with Crippen molar-refractivity contribution in [2.75, 3.05) is 26.7 Å². The lowest BCUT2D eigenvalue weighted by molar-refractivity contribution is -0.131. The molecule has 0 bridgehead atoms. The van der Waals surface area contributed by atoms with Gasteiger partial charge < -0.3 is 14.5 Å². The summed E-state index contributed by atoms with van der Waals surface area (Å²) in [6.45, 7) is 4.17. The van der Waals surface area contributed by atoms with Crippen molar-refractivity contribution in [1.29, 1.82) is 0 Å². The van der Waals surface area contributed by atoms with Gasteiger partial charge in [0.1, 0.15) is 5.75 Å². The fraction of sp³-hybridized carbons (Fsp3) is 0.421. The number of methoxy groups -OCH3 is 1. The number of likely N-dealkylation sites (tertiary alicyclic amines) is 2. The largest absolute Gasteiger partial charge is 0.497 e. The van der Waals surface area contributed by atoms with Crippen LogP contribution in [0.3, 0.4) is 0 Å². The molecule has 3 heterocycles. The third kappa shape index (κ3) is 3.41. The van der Waals surface area contributed by atoms with Gasteiger partial charge in [-0.1, -0.05) is 11.6 Å². The fourth-order valence-electron chi connectivity index (χ4n) is 3.89. The van der Waals surface area contributed by atoms with E-state index in [1.807, 2.05) is 17.2 Å². The van der Waals surface area contributed by atoms with Gasteiger partial charge in [-0.2, -0.15) is 0 Å². The third-order valence-electron chi connectivity index (χ3n) is 5.24. The van der Waals surface area contributed by atoms with E-state index in [0.717, 1.165) is 10.7 Å². The zero-order valence-corrected chi connectivity index (χ0v) is 16.7. The van der Waals surface area contributed by atoms with Crippen molar-refractivity contribution in [3.63, 3.8) is 0 Å². The molecule has 2 atom stereocenters. The minimum absolute atomic E-state index is 0.109. The van der Waals surface area contributed by atoms with Crippen molar-refractivity contribution in [2.45, 2.75) is 13.5 Å². The number of rotatable bonds is 4. The summed E-state index contributed by atoms with van der Waals surface area (Å²) in [5.41, 5.74) is 1.35. The SMILES string of the molecule is COc1ccc(Cl)c(C(=O)N2C[C@H]3CN(Cc4csc(C)n4)C(=O)[C@H]3C2)c1. The number of aromatic nitrogens is 1. The van der Waals surface area contributed by atoms with Gasteiger partial charge in [0.25, 0.3) is 5.91 Å². The normalized spacial score (nSPS) is 21.7. The molecule has 0 unspecified atom stereocenters. The molecule has 142 valence electrons. The number of benzene rings is 1. The van der Waals surface area contributed by atoms with Crippen molar-refractivity contribution in [2.24, 2.45) is 11.8 Å². The molecule has 0 spiro atoms. The minimum atomic E-state index is -0.150. The molecule has 1 aromatic heterocycles. The van der Waals surface area contributed by atoms with E-state index in [-0.39, 0.29) is 23.7 Å². The van der Waals surface area contributed by atoms with Crippen LogP contribution in [0.25, 0.3) is 0 Å². The molecule has 0 radical (unpaired) electrons. The Morgan fingerprint density at radius 1 is 1.37 bits per heavy atom. The predicted octanol–water partition coefficient (Wildman–Crippen LogP) is 2.84. The van der Waals surface area contributed by atoms with E-state index in [9.17, 15) is 9.59 Å². The maximum atomic E-state index is 12.9. The number of carbonyl (C=O) groups excluding carboxylic acids is 2. The zero-order valence-electron chi connectivity index (χ0n) is 15.1. The second-order valence-electron chi connectivity index (χ2n) is 7.00. The van der Waals surface area contributed by atoms with Crippen LogP contribution in [0, 0.1) is 18.8 Å². The monoisotopic (exact) mass is 405 g/mol. The highest BCUT2D eigenvalue weighted by Gasteiger charge is 2.47. The standard InChI is InChI=1S/C19H20ClN3O3S/c1-11-21-13(10-27-11)8-22-6-12-7-23(9-16(12)19(22)25)18(24)15-5-14(26-2)3-4-17(15)20/h3-5,10,12,16H,6-9H2,1-2H3/t12-,16+/m1/s1. The number of hydrogen-bond acceptors (Lipinski definition) is 5. The van der Waals surface area contributed by atoms with Gasteiger partial charge in [-0.15, -0.1) is 11.3 Å². The topological polar surface area (TPSA) is 62.7 Å². The maximum absolute atomic E-state index is 12.9. The average Bonchev–Trinajstić information content (AvgIpc) is 3.33. The fourth-order valence-corrected chi connectivity index (χ4v) is 4.70. The van der Waals surface area contributed by atoms with Crippen LogP contribution in [0.4, 0.5) is 0 Å². The number of thiazole rings is 1.